The van der Waals surface area contributed by atoms with Crippen molar-refractivity contribution in [3.05, 3.63) is 41.2 Å². The number of nitrogens with zero attached hydrogens (tertiary/aromatic N) is 1. The van der Waals surface area contributed by atoms with Crippen LogP contribution in [-0.2, 0) is 11.8 Å². The Morgan fingerprint density at radius 3 is 3.00 bits per heavy atom. The minimum atomic E-state index is -0.340. The van der Waals surface area contributed by atoms with E-state index in [2.05, 4.69) is 6.92 Å². The van der Waals surface area contributed by atoms with Gasteiger partial charge in [-0.2, -0.15) is 0 Å². The molecular formula is C17H21NO2. The summed E-state index contributed by atoms with van der Waals surface area (Å²) in [6.07, 6.45) is 8.75. The first-order valence-corrected chi connectivity index (χ1v) is 7.26. The molecule has 0 saturated heterocycles. The second kappa shape index (κ2) is 4.74. The summed E-state index contributed by atoms with van der Waals surface area (Å²) in [7, 11) is 1.97. The van der Waals surface area contributed by atoms with Crippen molar-refractivity contribution in [2.45, 2.75) is 38.7 Å². The van der Waals surface area contributed by atoms with E-state index in [9.17, 15) is 9.90 Å². The molecule has 2 aliphatic carbocycles. The number of aryl methyl sites for hydroxylation is 1. The fraction of sp³-hybridized carbons (Fsp3) is 0.471. The Hall–Kier alpha value is -1.61. The smallest absolute Gasteiger partial charge is 0.181 e. The summed E-state index contributed by atoms with van der Waals surface area (Å²) in [4.78, 5) is 12.3. The van der Waals surface area contributed by atoms with Crippen LogP contribution in [0.1, 0.15) is 38.3 Å². The van der Waals surface area contributed by atoms with Crippen LogP contribution in [0.5, 0.6) is 0 Å². The van der Waals surface area contributed by atoms with Gasteiger partial charge in [0.2, 0.25) is 0 Å². The zero-order valence-corrected chi connectivity index (χ0v) is 12.1. The molecule has 1 fully saturated rings. The number of ketones is 1. The number of allylic oxidation sites excluding steroid dienone is 2. The van der Waals surface area contributed by atoms with Gasteiger partial charge in [-0.3, -0.25) is 4.79 Å². The molecule has 20 heavy (non-hydrogen) atoms. The van der Waals surface area contributed by atoms with Crippen LogP contribution < -0.4 is 0 Å². The second-order valence-corrected chi connectivity index (χ2v) is 6.25. The molecule has 0 unspecified atom stereocenters. The summed E-state index contributed by atoms with van der Waals surface area (Å²) < 4.78 is 2.00. The maximum absolute atomic E-state index is 12.3. The summed E-state index contributed by atoms with van der Waals surface area (Å²) in [6.45, 7) is 2.09. The summed E-state index contributed by atoms with van der Waals surface area (Å²) >= 11 is 0. The highest BCUT2D eigenvalue weighted by molar-refractivity contribution is 6.08. The predicted octanol–water partition coefficient (Wildman–Crippen LogP) is 2.86. The molecule has 1 aromatic heterocycles. The maximum atomic E-state index is 12.3. The molecule has 0 spiro atoms. The van der Waals surface area contributed by atoms with Gasteiger partial charge in [0, 0.05) is 29.9 Å². The van der Waals surface area contributed by atoms with Crippen molar-refractivity contribution in [1.29, 1.82) is 0 Å². The van der Waals surface area contributed by atoms with Gasteiger partial charge in [-0.25, -0.2) is 0 Å². The molecule has 0 aromatic carbocycles. The Kier molecular flexibility index (Phi) is 3.17. The number of aliphatic hydroxyl groups is 1. The number of fused-ring (bicyclic) bond motifs is 1. The quantitative estimate of drug-likeness (QED) is 0.798. The summed E-state index contributed by atoms with van der Waals surface area (Å²) in [5.74, 6) is 0.104. The number of carbonyl (C=O) groups excluding carboxylic acids is 1. The number of hydrogen-bond donors (Lipinski definition) is 1. The van der Waals surface area contributed by atoms with Crippen molar-refractivity contribution in [2.75, 3.05) is 0 Å². The minimum Gasteiger partial charge on any atom is -0.392 e. The van der Waals surface area contributed by atoms with Crippen LogP contribution in [0.4, 0.5) is 0 Å². The fourth-order valence-corrected chi connectivity index (χ4v) is 3.43. The van der Waals surface area contributed by atoms with Gasteiger partial charge in [0.25, 0.3) is 0 Å². The first kappa shape index (κ1) is 13.4. The van der Waals surface area contributed by atoms with Gasteiger partial charge < -0.3 is 9.67 Å². The van der Waals surface area contributed by atoms with Crippen molar-refractivity contribution in [3.63, 3.8) is 0 Å². The van der Waals surface area contributed by atoms with Crippen LogP contribution in [0.15, 0.2) is 35.6 Å². The Bertz CT molecular complexity index is 608. The molecule has 2 aliphatic rings. The Balaban J connectivity index is 2.00. The van der Waals surface area contributed by atoms with E-state index in [-0.39, 0.29) is 17.3 Å². The molecule has 3 heteroatoms. The second-order valence-electron chi connectivity index (χ2n) is 6.25. The van der Waals surface area contributed by atoms with Gasteiger partial charge in [0.1, 0.15) is 0 Å². The monoisotopic (exact) mass is 271 g/mol. The molecule has 3 rings (SSSR count). The molecule has 1 saturated carbocycles. The first-order valence-electron chi connectivity index (χ1n) is 7.26. The van der Waals surface area contributed by atoms with Crippen molar-refractivity contribution in [1.82, 2.24) is 4.57 Å². The highest BCUT2D eigenvalue weighted by Gasteiger charge is 2.43. The fourth-order valence-electron chi connectivity index (χ4n) is 3.43. The van der Waals surface area contributed by atoms with Crippen LogP contribution in [0.2, 0.25) is 0 Å². The summed E-state index contributed by atoms with van der Waals surface area (Å²) in [6, 6.07) is 3.97. The SMILES string of the molecule is Cn1cccc1C=C1C[C@@]2(C)C(=CC1=O)CCC[C@@H]2O. The van der Waals surface area contributed by atoms with Crippen molar-refractivity contribution in [2.24, 2.45) is 12.5 Å². The zero-order valence-electron chi connectivity index (χ0n) is 12.1. The van der Waals surface area contributed by atoms with Crippen molar-refractivity contribution in [3.8, 4) is 0 Å². The molecule has 1 heterocycles. The van der Waals surface area contributed by atoms with Gasteiger partial charge >= 0.3 is 0 Å². The third-order valence-electron chi connectivity index (χ3n) is 4.88. The molecule has 0 bridgehead atoms. The van der Waals surface area contributed by atoms with Gasteiger partial charge in [0.05, 0.1) is 6.10 Å². The van der Waals surface area contributed by atoms with Gasteiger partial charge in [-0.1, -0.05) is 12.5 Å². The average molecular weight is 271 g/mol. The lowest BCUT2D eigenvalue weighted by Gasteiger charge is -2.43. The number of rotatable bonds is 1. The van der Waals surface area contributed by atoms with E-state index in [1.807, 2.05) is 36.0 Å². The normalized spacial score (nSPS) is 32.1. The van der Waals surface area contributed by atoms with Gasteiger partial charge in [-0.15, -0.1) is 0 Å². The zero-order chi connectivity index (χ0) is 14.3. The van der Waals surface area contributed by atoms with Crippen LogP contribution in [0, 0.1) is 5.41 Å². The minimum absolute atomic E-state index is 0.104. The van der Waals surface area contributed by atoms with E-state index >= 15 is 0 Å². The average Bonchev–Trinajstić information content (AvgIpc) is 2.79. The molecule has 1 N–H and O–H groups in total. The third kappa shape index (κ3) is 2.06. The van der Waals surface area contributed by atoms with E-state index in [1.54, 1.807) is 6.08 Å². The highest BCUT2D eigenvalue weighted by atomic mass is 16.3. The van der Waals surface area contributed by atoms with Crippen LogP contribution >= 0.6 is 0 Å². The van der Waals surface area contributed by atoms with E-state index in [0.717, 1.165) is 36.1 Å². The lowest BCUT2D eigenvalue weighted by atomic mass is 9.63. The van der Waals surface area contributed by atoms with Crippen LogP contribution in [0.3, 0.4) is 0 Å². The summed E-state index contributed by atoms with van der Waals surface area (Å²) in [5, 5.41) is 10.4. The van der Waals surface area contributed by atoms with Gasteiger partial charge in [-0.05, 0) is 50.0 Å². The number of aliphatic hydroxyl groups excluding tert-OH is 1. The number of aromatic nitrogens is 1. The predicted molar refractivity (Wildman–Crippen MR) is 79.1 cm³/mol. The highest BCUT2D eigenvalue weighted by Crippen LogP contribution is 2.48. The van der Waals surface area contributed by atoms with Crippen molar-refractivity contribution >= 4 is 11.9 Å². The van der Waals surface area contributed by atoms with E-state index < -0.39 is 0 Å². The topological polar surface area (TPSA) is 42.2 Å². The lowest BCUT2D eigenvalue weighted by molar-refractivity contribution is -0.112. The molecular weight excluding hydrogens is 250 g/mol. The van der Waals surface area contributed by atoms with Crippen LogP contribution in [-0.4, -0.2) is 21.6 Å². The Morgan fingerprint density at radius 1 is 1.50 bits per heavy atom. The van der Waals surface area contributed by atoms with E-state index in [0.29, 0.717) is 6.42 Å². The van der Waals surface area contributed by atoms with Gasteiger partial charge in [0.15, 0.2) is 5.78 Å². The number of hydrogen-bond acceptors (Lipinski definition) is 2. The Morgan fingerprint density at radius 2 is 2.30 bits per heavy atom. The lowest BCUT2D eigenvalue weighted by Crippen LogP contribution is -2.41. The third-order valence-corrected chi connectivity index (χ3v) is 4.88. The Labute approximate surface area is 119 Å². The van der Waals surface area contributed by atoms with Crippen molar-refractivity contribution < 1.29 is 9.90 Å². The molecule has 106 valence electrons. The molecule has 2 atom stereocenters. The maximum Gasteiger partial charge on any atom is 0.181 e. The van der Waals surface area contributed by atoms with E-state index in [1.165, 1.54) is 0 Å². The van der Waals surface area contributed by atoms with Crippen LogP contribution in [0.25, 0.3) is 6.08 Å². The number of carbonyl (C=O) groups is 1. The molecule has 0 amide bonds. The first-order chi connectivity index (χ1) is 9.50. The summed E-state index contributed by atoms with van der Waals surface area (Å²) in [5.41, 5.74) is 2.70. The molecule has 3 nitrogen and oxygen atoms in total. The molecule has 0 aliphatic heterocycles. The standard InChI is InChI=1S/C17H21NO2/c1-17-11-12(9-14-6-4-8-18(14)2)15(19)10-13(17)5-3-7-16(17)20/h4,6,8-10,16,20H,3,5,7,11H2,1-2H3/t16-,17-/m0/s1. The van der Waals surface area contributed by atoms with E-state index in [4.69, 9.17) is 0 Å². The molecule has 0 radical (unpaired) electrons. The molecule has 1 aromatic rings. The largest absolute Gasteiger partial charge is 0.392 e.